The second-order valence-electron chi connectivity index (χ2n) is 5.48. The number of fused-ring (bicyclic) bond motifs is 2. The number of nitrogens with one attached hydrogen (secondary N) is 2. The summed E-state index contributed by atoms with van der Waals surface area (Å²) in [6, 6.07) is 14.4. The molecule has 7 heteroatoms. The molecular weight excluding hydrogens is 336 g/mol. The van der Waals surface area contributed by atoms with Crippen molar-refractivity contribution in [3.8, 4) is 0 Å². The molecule has 0 bridgehead atoms. The Labute approximate surface area is 148 Å². The van der Waals surface area contributed by atoms with Gasteiger partial charge < -0.3 is 10.6 Å². The van der Waals surface area contributed by atoms with E-state index < -0.39 is 0 Å². The van der Waals surface area contributed by atoms with E-state index in [0.29, 0.717) is 23.5 Å². The van der Waals surface area contributed by atoms with Crippen LogP contribution in [0.5, 0.6) is 0 Å². The number of pyridine rings is 1. The molecule has 2 amide bonds. The fraction of sp³-hybridized carbons (Fsp3) is 0.0556. The third-order valence-electron chi connectivity index (χ3n) is 3.79. The number of hydrogen-bond acceptors (Lipinski definition) is 4. The summed E-state index contributed by atoms with van der Waals surface area (Å²) in [5.41, 5.74) is 2.47. The normalized spacial score (nSPS) is 12.6. The molecule has 124 valence electrons. The van der Waals surface area contributed by atoms with Crippen molar-refractivity contribution in [1.82, 2.24) is 14.3 Å². The van der Waals surface area contributed by atoms with Crippen LogP contribution in [0.15, 0.2) is 65.8 Å². The molecule has 1 aliphatic heterocycles. The Kier molecular flexibility index (Phi) is 3.99. The molecule has 0 saturated heterocycles. The fourth-order valence-corrected chi connectivity index (χ4v) is 3.46. The van der Waals surface area contributed by atoms with Gasteiger partial charge in [0.15, 0.2) is 0 Å². The van der Waals surface area contributed by atoms with Crippen molar-refractivity contribution in [2.45, 2.75) is 11.4 Å². The predicted molar refractivity (Wildman–Crippen MR) is 95.5 cm³/mol. The maximum atomic E-state index is 12.4. The maximum absolute atomic E-state index is 12.4. The van der Waals surface area contributed by atoms with Crippen LogP contribution in [0.4, 0.5) is 5.69 Å². The Morgan fingerprint density at radius 2 is 2.12 bits per heavy atom. The predicted octanol–water partition coefficient (Wildman–Crippen LogP) is 2.93. The lowest BCUT2D eigenvalue weighted by atomic mass is 10.1. The first-order valence-corrected chi connectivity index (χ1v) is 8.47. The molecule has 2 aromatic heterocycles. The van der Waals surface area contributed by atoms with Gasteiger partial charge in [0.1, 0.15) is 5.69 Å². The van der Waals surface area contributed by atoms with Crippen LogP contribution in [0.2, 0.25) is 0 Å². The molecule has 0 saturated carbocycles. The molecule has 3 heterocycles. The van der Waals surface area contributed by atoms with E-state index in [0.717, 1.165) is 10.6 Å². The van der Waals surface area contributed by atoms with Crippen LogP contribution < -0.4 is 10.6 Å². The largest absolute Gasteiger partial charge is 0.346 e. The minimum Gasteiger partial charge on any atom is -0.346 e. The van der Waals surface area contributed by atoms with E-state index in [1.54, 1.807) is 24.4 Å². The lowest BCUT2D eigenvalue weighted by molar-refractivity contribution is 0.0949. The number of rotatable bonds is 3. The van der Waals surface area contributed by atoms with Crippen LogP contribution in [-0.2, 0) is 6.54 Å². The minimum atomic E-state index is -0.212. The number of aromatic nitrogens is 2. The minimum absolute atomic E-state index is 0.192. The van der Waals surface area contributed by atoms with Crippen molar-refractivity contribution in [2.24, 2.45) is 0 Å². The van der Waals surface area contributed by atoms with Gasteiger partial charge in [0.2, 0.25) is 0 Å². The Balaban J connectivity index is 1.54. The lowest BCUT2D eigenvalue weighted by Crippen LogP contribution is -2.23. The van der Waals surface area contributed by atoms with Crippen molar-refractivity contribution in [3.05, 3.63) is 77.9 Å². The highest BCUT2D eigenvalue weighted by atomic mass is 32.2. The zero-order valence-corrected chi connectivity index (χ0v) is 13.9. The van der Waals surface area contributed by atoms with Crippen molar-refractivity contribution in [2.75, 3.05) is 5.32 Å². The third kappa shape index (κ3) is 3.14. The summed E-state index contributed by atoms with van der Waals surface area (Å²) in [7, 11) is 0. The molecule has 6 nitrogen and oxygen atoms in total. The molecule has 0 fully saturated rings. The van der Waals surface area contributed by atoms with Gasteiger partial charge in [0.25, 0.3) is 11.8 Å². The van der Waals surface area contributed by atoms with Gasteiger partial charge in [0.05, 0.1) is 22.8 Å². The zero-order chi connectivity index (χ0) is 17.2. The number of benzene rings is 1. The molecule has 3 aromatic rings. The quantitative estimate of drug-likeness (QED) is 0.761. The van der Waals surface area contributed by atoms with Crippen LogP contribution in [0, 0.1) is 0 Å². The van der Waals surface area contributed by atoms with E-state index >= 15 is 0 Å². The van der Waals surface area contributed by atoms with Crippen LogP contribution >= 0.6 is 11.9 Å². The standard InChI is InChI=1S/C18H14N4O2S/c23-17(20-11-13-4-1-2-8-19-13)12-6-7-16-14(10-12)21-18(24)15-5-3-9-22(15)25-16/h1-10H,11H2,(H,20,23)(H,21,24). The van der Waals surface area contributed by atoms with E-state index in [1.807, 2.05) is 40.5 Å². The first-order valence-electron chi connectivity index (χ1n) is 7.70. The van der Waals surface area contributed by atoms with Gasteiger partial charge in [0, 0.05) is 18.0 Å². The summed E-state index contributed by atoms with van der Waals surface area (Å²) in [6.07, 6.45) is 3.52. The van der Waals surface area contributed by atoms with Crippen LogP contribution in [0.25, 0.3) is 0 Å². The second kappa shape index (κ2) is 6.45. The average molecular weight is 350 g/mol. The maximum Gasteiger partial charge on any atom is 0.273 e. The highest BCUT2D eigenvalue weighted by Crippen LogP contribution is 2.33. The molecule has 4 rings (SSSR count). The molecule has 1 aromatic carbocycles. The van der Waals surface area contributed by atoms with Gasteiger partial charge in [-0.05, 0) is 54.4 Å². The van der Waals surface area contributed by atoms with Gasteiger partial charge in [-0.25, -0.2) is 0 Å². The summed E-state index contributed by atoms with van der Waals surface area (Å²) in [5, 5.41) is 5.70. The Morgan fingerprint density at radius 3 is 2.96 bits per heavy atom. The molecule has 2 N–H and O–H groups in total. The van der Waals surface area contributed by atoms with E-state index in [9.17, 15) is 9.59 Å². The van der Waals surface area contributed by atoms with Gasteiger partial charge in [-0.3, -0.25) is 18.5 Å². The molecule has 0 spiro atoms. The first kappa shape index (κ1) is 15.5. The van der Waals surface area contributed by atoms with Gasteiger partial charge >= 0.3 is 0 Å². The van der Waals surface area contributed by atoms with E-state index in [4.69, 9.17) is 0 Å². The van der Waals surface area contributed by atoms with Crippen LogP contribution in [-0.4, -0.2) is 20.8 Å². The average Bonchev–Trinajstić information content (AvgIpc) is 3.05. The number of amides is 2. The second-order valence-corrected chi connectivity index (χ2v) is 6.50. The summed E-state index contributed by atoms with van der Waals surface area (Å²) >= 11 is 1.44. The smallest absolute Gasteiger partial charge is 0.273 e. The highest BCUT2D eigenvalue weighted by molar-refractivity contribution is 7.98. The van der Waals surface area contributed by atoms with Gasteiger partial charge in [-0.2, -0.15) is 0 Å². The summed E-state index contributed by atoms with van der Waals surface area (Å²) in [4.78, 5) is 29.7. The zero-order valence-electron chi connectivity index (χ0n) is 13.1. The SMILES string of the molecule is O=C(NCc1ccccn1)c1ccc2c(c1)NC(=O)c1cccn1S2. The summed E-state index contributed by atoms with van der Waals surface area (Å²) in [5.74, 6) is -0.404. The van der Waals surface area contributed by atoms with Gasteiger partial charge in [-0.15, -0.1) is 0 Å². The Hall–Kier alpha value is -3.06. The monoisotopic (exact) mass is 350 g/mol. The fourth-order valence-electron chi connectivity index (χ4n) is 2.54. The summed E-state index contributed by atoms with van der Waals surface area (Å²) in [6.45, 7) is 0.351. The van der Waals surface area contributed by atoms with E-state index in [1.165, 1.54) is 11.9 Å². The Bertz CT molecular complexity index is 953. The van der Waals surface area contributed by atoms with E-state index in [-0.39, 0.29) is 11.8 Å². The van der Waals surface area contributed by atoms with Crippen LogP contribution in [0.3, 0.4) is 0 Å². The number of anilines is 1. The highest BCUT2D eigenvalue weighted by Gasteiger charge is 2.20. The molecule has 25 heavy (non-hydrogen) atoms. The first-order chi connectivity index (χ1) is 12.2. The van der Waals surface area contributed by atoms with Crippen molar-refractivity contribution >= 4 is 29.4 Å². The Morgan fingerprint density at radius 1 is 1.20 bits per heavy atom. The van der Waals surface area contributed by atoms with E-state index in [2.05, 4.69) is 15.6 Å². The molecule has 0 unspecified atom stereocenters. The molecule has 0 atom stereocenters. The molecule has 1 aliphatic rings. The molecule has 0 radical (unpaired) electrons. The number of carbonyl (C=O) groups is 2. The van der Waals surface area contributed by atoms with Crippen molar-refractivity contribution in [3.63, 3.8) is 0 Å². The number of hydrogen-bond donors (Lipinski definition) is 2. The third-order valence-corrected chi connectivity index (χ3v) is 4.86. The lowest BCUT2D eigenvalue weighted by Gasteiger charge is -2.09. The topological polar surface area (TPSA) is 76.0 Å². The van der Waals surface area contributed by atoms with Crippen LogP contribution in [0.1, 0.15) is 26.5 Å². The summed E-state index contributed by atoms with van der Waals surface area (Å²) < 4.78 is 1.81. The molecular formula is C18H14N4O2S. The van der Waals surface area contributed by atoms with Crippen molar-refractivity contribution < 1.29 is 9.59 Å². The van der Waals surface area contributed by atoms with Gasteiger partial charge in [-0.1, -0.05) is 6.07 Å². The number of carbonyl (C=O) groups excluding carboxylic acids is 2. The number of nitrogens with zero attached hydrogens (tertiary/aromatic N) is 2. The molecule has 0 aliphatic carbocycles. The van der Waals surface area contributed by atoms with Crippen molar-refractivity contribution in [1.29, 1.82) is 0 Å².